The quantitative estimate of drug-likeness (QED) is 0.0507. The highest BCUT2D eigenvalue weighted by atomic mass is 16.8. The molecule has 6 saturated heterocycles. The number of aliphatic carboxylic acids is 1. The van der Waals surface area contributed by atoms with Crippen molar-refractivity contribution in [1.29, 1.82) is 0 Å². The van der Waals surface area contributed by atoms with Gasteiger partial charge < -0.3 is 160 Å². The number of aliphatic hydroxyl groups is 17. The van der Waals surface area contributed by atoms with Crippen molar-refractivity contribution in [2.24, 2.45) is 0 Å². The number of hydrogen-bond acceptors (Lipinski definition) is 32. The largest absolute Gasteiger partial charge is 0.477 e. The number of amides is 3. The minimum absolute atomic E-state index is 0.904. The number of rotatable bonds is 21. The van der Waals surface area contributed by atoms with Crippen molar-refractivity contribution >= 4 is 23.7 Å². The normalized spacial score (nSPS) is 46.7. The number of carboxylic acids is 1. The molecule has 6 fully saturated rings. The summed E-state index contributed by atoms with van der Waals surface area (Å²) in [5.41, 5.74) is 0. The summed E-state index contributed by atoms with van der Waals surface area (Å²) in [5, 5.41) is 200. The van der Waals surface area contributed by atoms with Crippen molar-refractivity contribution in [3.8, 4) is 0 Å². The molecular weight excluding hydrogens is 1110 g/mol. The topological polar surface area (TPSA) is 570 Å². The Morgan fingerprint density at radius 1 is 0.543 bits per heavy atom. The van der Waals surface area contributed by atoms with Gasteiger partial charge in [-0.05, 0) is 13.8 Å². The van der Waals surface area contributed by atoms with Gasteiger partial charge in [0.2, 0.25) is 17.7 Å². The van der Waals surface area contributed by atoms with Crippen LogP contribution in [0, 0.1) is 0 Å². The van der Waals surface area contributed by atoms with Gasteiger partial charge in [-0.3, -0.25) is 14.4 Å². The van der Waals surface area contributed by atoms with E-state index in [1.807, 2.05) is 0 Å². The molecule has 6 aliphatic rings. The van der Waals surface area contributed by atoms with Crippen LogP contribution in [-0.4, -0.2) is 338 Å². The lowest BCUT2D eigenvalue weighted by atomic mass is 9.88. The fourth-order valence-corrected chi connectivity index (χ4v) is 10.2. The zero-order valence-electron chi connectivity index (χ0n) is 43.7. The van der Waals surface area contributed by atoms with Crippen LogP contribution in [0.25, 0.3) is 0 Å². The third-order valence-corrected chi connectivity index (χ3v) is 14.6. The molecular formula is C45H75N3O33. The van der Waals surface area contributed by atoms with Gasteiger partial charge in [0.05, 0.1) is 50.8 Å². The van der Waals surface area contributed by atoms with Crippen LogP contribution >= 0.6 is 0 Å². The van der Waals surface area contributed by atoms with Gasteiger partial charge in [0.15, 0.2) is 31.5 Å². The van der Waals surface area contributed by atoms with Crippen molar-refractivity contribution in [3.05, 3.63) is 0 Å². The first kappa shape index (κ1) is 66.9. The first-order chi connectivity index (χ1) is 38.0. The van der Waals surface area contributed by atoms with E-state index in [0.29, 0.717) is 0 Å². The summed E-state index contributed by atoms with van der Waals surface area (Å²) in [7, 11) is 0. The molecule has 6 heterocycles. The highest BCUT2D eigenvalue weighted by Gasteiger charge is 2.60. The predicted molar refractivity (Wildman–Crippen MR) is 250 cm³/mol. The van der Waals surface area contributed by atoms with Crippen molar-refractivity contribution in [1.82, 2.24) is 16.0 Å². The minimum Gasteiger partial charge on any atom is -0.477 e. The molecule has 0 bridgehead atoms. The molecule has 3 amide bonds. The molecule has 0 aliphatic carbocycles. The van der Waals surface area contributed by atoms with Crippen molar-refractivity contribution < 1.29 is 163 Å². The Morgan fingerprint density at radius 3 is 1.58 bits per heavy atom. The maximum atomic E-state index is 13.3. The SMILES string of the molecule is CC(=O)N[C@H]1[C@H](O[C@H]2[C@@H](O)[C@@H](CO[C@]3(C(=O)O)C[C@H](O)[C@@H](NC(=O)CO)[C@H]([C@H](O)[C@H](O)CO)O3)OC(O)[C@@H]2NC(C)=O)O[C@H](CO)[C@@H](O[C@@H]2O[C@H](CO)[C@H](O)[C@H](O)[C@H]2O[C@@H]2O[C@@H](C)[C@@H](O)[C@@H](O)[C@@H]2O)[C@@H]1O[C@@H]1O[C@@H](C)[C@@H](O)[C@@H](O)[C@@H]1O. The van der Waals surface area contributed by atoms with Crippen molar-refractivity contribution in [2.45, 2.75) is 224 Å². The molecule has 0 aromatic rings. The number of carbonyl (C=O) groups is 4. The van der Waals surface area contributed by atoms with E-state index >= 15 is 0 Å². The molecule has 0 radical (unpaired) electrons. The van der Waals surface area contributed by atoms with E-state index in [-0.39, 0.29) is 0 Å². The lowest BCUT2D eigenvalue weighted by Crippen LogP contribution is -2.72. The Bertz CT molecular complexity index is 2080. The van der Waals surface area contributed by atoms with Crippen LogP contribution in [0.2, 0.25) is 0 Å². The van der Waals surface area contributed by atoms with E-state index in [0.717, 1.165) is 13.8 Å². The molecule has 21 N–H and O–H groups in total. The zero-order chi connectivity index (χ0) is 60.3. The summed E-state index contributed by atoms with van der Waals surface area (Å²) >= 11 is 0. The second kappa shape index (κ2) is 28.3. The Hall–Kier alpha value is -3.24. The van der Waals surface area contributed by atoms with Crippen LogP contribution in [0.15, 0.2) is 0 Å². The summed E-state index contributed by atoms with van der Waals surface area (Å²) in [6, 6.07) is -5.58. The van der Waals surface area contributed by atoms with E-state index in [2.05, 4.69) is 16.0 Å². The number of nitrogens with one attached hydrogen (secondary N) is 3. The molecule has 6 rings (SSSR count). The third kappa shape index (κ3) is 14.7. The number of aliphatic hydroxyl groups excluding tert-OH is 17. The van der Waals surface area contributed by atoms with Gasteiger partial charge in [-0.25, -0.2) is 4.79 Å². The van der Waals surface area contributed by atoms with E-state index in [4.69, 9.17) is 52.1 Å². The monoisotopic (exact) mass is 1190 g/mol. The average molecular weight is 1190 g/mol. The Balaban J connectivity index is 1.38. The molecule has 81 heavy (non-hydrogen) atoms. The molecule has 6 aliphatic heterocycles. The molecule has 0 spiro atoms. The summed E-state index contributed by atoms with van der Waals surface area (Å²) in [6.07, 6.45) is -54.2. The standard InChI is InChI=1S/C45H75N3O33/c1-11-24(58)29(63)32(66)41(72-11)79-37-23(47-14(4)54)40(76-18(8-51)34(37)77-43-38(31(65)27(61)17(7-50)75-43)80-42-33(67)30(64)25(59)12(2)73-42)78-35-22(46-13(3)53)39(68)74-19(28(35)62)10-71-45(44(69)70)5-15(55)21(48-20(57)9-52)36(81-45)26(60)16(56)6-49/h11-12,15-19,21-43,49-52,55-56,58-68H,5-10H2,1-4H3,(H,46,53)(H,47,54)(H,48,57)(H,69,70)/t11-,12-,15-,16+,17+,18+,19+,21+,22+,23+,24+,25+,26+,27-,28-,29+,30+,31-,32-,33-,34+,35+,36+,37+,38+,39?,40-,41-,42-,43-,45+/m0/s1. The lowest BCUT2D eigenvalue weighted by Gasteiger charge is -2.52. The first-order valence-corrected chi connectivity index (χ1v) is 25.6. The maximum Gasteiger partial charge on any atom is 0.364 e. The van der Waals surface area contributed by atoms with Crippen LogP contribution in [-0.2, 0) is 71.3 Å². The molecule has 0 saturated carbocycles. The third-order valence-electron chi connectivity index (χ3n) is 14.6. The van der Waals surface area contributed by atoms with Gasteiger partial charge in [0.25, 0.3) is 5.79 Å². The van der Waals surface area contributed by atoms with Gasteiger partial charge in [-0.1, -0.05) is 0 Å². The lowest BCUT2D eigenvalue weighted by molar-refractivity contribution is -0.396. The second-order valence-corrected chi connectivity index (χ2v) is 20.4. The molecule has 468 valence electrons. The van der Waals surface area contributed by atoms with Crippen molar-refractivity contribution in [3.63, 3.8) is 0 Å². The highest BCUT2D eigenvalue weighted by molar-refractivity contribution is 5.78. The van der Waals surface area contributed by atoms with E-state index in [1.165, 1.54) is 13.8 Å². The zero-order valence-corrected chi connectivity index (χ0v) is 43.7. The Kier molecular flexibility index (Phi) is 23.4. The number of carbonyl (C=O) groups excluding carboxylic acids is 3. The maximum absolute atomic E-state index is 13.3. The summed E-state index contributed by atoms with van der Waals surface area (Å²) in [5.74, 6) is -8.13. The number of carboxylic acid groups (broad SMARTS) is 1. The Labute approximate surface area is 459 Å². The van der Waals surface area contributed by atoms with Gasteiger partial charge in [0, 0.05) is 20.3 Å². The molecule has 31 atom stereocenters. The van der Waals surface area contributed by atoms with Crippen LogP contribution in [0.1, 0.15) is 34.1 Å². The van der Waals surface area contributed by atoms with Crippen molar-refractivity contribution in [2.75, 3.05) is 33.0 Å². The molecule has 0 aromatic carbocycles. The molecule has 36 heteroatoms. The Morgan fingerprint density at radius 2 is 1.06 bits per heavy atom. The van der Waals surface area contributed by atoms with Crippen LogP contribution in [0.4, 0.5) is 0 Å². The number of ether oxygens (including phenoxy) is 11. The van der Waals surface area contributed by atoms with E-state index in [1.54, 1.807) is 0 Å². The summed E-state index contributed by atoms with van der Waals surface area (Å²) in [4.78, 5) is 51.1. The van der Waals surface area contributed by atoms with Gasteiger partial charge in [-0.2, -0.15) is 0 Å². The molecule has 0 aromatic heterocycles. The fraction of sp³-hybridized carbons (Fsp3) is 0.911. The number of hydrogen-bond donors (Lipinski definition) is 21. The fourth-order valence-electron chi connectivity index (χ4n) is 10.2. The van der Waals surface area contributed by atoms with Gasteiger partial charge in [-0.15, -0.1) is 0 Å². The molecule has 36 nitrogen and oxygen atoms in total. The highest BCUT2D eigenvalue weighted by Crippen LogP contribution is 2.39. The predicted octanol–water partition coefficient (Wildman–Crippen LogP) is -13.4. The van der Waals surface area contributed by atoms with Gasteiger partial charge >= 0.3 is 5.97 Å². The smallest absolute Gasteiger partial charge is 0.364 e. The minimum atomic E-state index is -3.09. The van der Waals surface area contributed by atoms with Crippen LogP contribution < -0.4 is 16.0 Å². The van der Waals surface area contributed by atoms with Crippen LogP contribution in [0.5, 0.6) is 0 Å². The van der Waals surface area contributed by atoms with E-state index < -0.39 is 253 Å². The first-order valence-electron chi connectivity index (χ1n) is 25.6. The second-order valence-electron chi connectivity index (χ2n) is 20.4. The average Bonchev–Trinajstić information content (AvgIpc) is 3.42. The summed E-state index contributed by atoms with van der Waals surface area (Å²) < 4.78 is 64.7. The van der Waals surface area contributed by atoms with Crippen LogP contribution in [0.3, 0.4) is 0 Å². The summed E-state index contributed by atoms with van der Waals surface area (Å²) in [6.45, 7) is -1.23. The molecule has 1 unspecified atom stereocenters. The van der Waals surface area contributed by atoms with E-state index in [9.17, 15) is 111 Å². The van der Waals surface area contributed by atoms with Gasteiger partial charge in [0.1, 0.15) is 135 Å².